The Bertz CT molecular complexity index is 338. The van der Waals surface area contributed by atoms with Crippen LogP contribution >= 0.6 is 11.8 Å². The van der Waals surface area contributed by atoms with E-state index in [1.54, 1.807) is 31.1 Å². The fourth-order valence-electron chi connectivity index (χ4n) is 0.897. The van der Waals surface area contributed by atoms with E-state index in [9.17, 15) is 4.79 Å². The van der Waals surface area contributed by atoms with Crippen LogP contribution in [0.4, 0.5) is 0 Å². The van der Waals surface area contributed by atoms with Crippen LogP contribution < -0.4 is 0 Å². The molecule has 3 nitrogen and oxygen atoms in total. The summed E-state index contributed by atoms with van der Waals surface area (Å²) in [4.78, 5) is 16.2. The van der Waals surface area contributed by atoms with Gasteiger partial charge >= 0.3 is 5.97 Å². The van der Waals surface area contributed by atoms with Crippen molar-refractivity contribution < 1.29 is 9.53 Å². The van der Waals surface area contributed by atoms with E-state index < -0.39 is 0 Å². The van der Waals surface area contributed by atoms with Crippen molar-refractivity contribution in [1.82, 2.24) is 4.98 Å². The third kappa shape index (κ3) is 4.16. The van der Waals surface area contributed by atoms with E-state index in [0.29, 0.717) is 17.9 Å². The highest BCUT2D eigenvalue weighted by Crippen LogP contribution is 2.19. The summed E-state index contributed by atoms with van der Waals surface area (Å²) in [5.41, 5.74) is 0.485. The van der Waals surface area contributed by atoms with Crippen LogP contribution in [0.5, 0.6) is 0 Å². The molecule has 80 valence electrons. The molecule has 0 radical (unpaired) electrons. The molecule has 1 aromatic rings. The molecule has 0 amide bonds. The summed E-state index contributed by atoms with van der Waals surface area (Å²) < 4.78 is 4.83. The van der Waals surface area contributed by atoms with Crippen LogP contribution in [0.3, 0.4) is 0 Å². The van der Waals surface area contributed by atoms with E-state index >= 15 is 0 Å². The molecule has 0 aliphatic heterocycles. The first-order chi connectivity index (χ1) is 7.24. The van der Waals surface area contributed by atoms with Crippen LogP contribution in [-0.2, 0) is 9.53 Å². The van der Waals surface area contributed by atoms with E-state index in [1.165, 1.54) is 0 Å². The Kier molecular flexibility index (Phi) is 4.90. The van der Waals surface area contributed by atoms with E-state index in [0.717, 1.165) is 4.90 Å². The lowest BCUT2D eigenvalue weighted by molar-refractivity contribution is -0.138. The molecule has 0 spiro atoms. The minimum atomic E-state index is -0.320. The number of ether oxygens (including phenoxy) is 1. The minimum Gasteiger partial charge on any atom is -0.463 e. The van der Waals surface area contributed by atoms with Crippen molar-refractivity contribution >= 4 is 17.7 Å². The van der Waals surface area contributed by atoms with Gasteiger partial charge in [0.05, 0.1) is 6.61 Å². The Balaban J connectivity index is 2.38. The summed E-state index contributed by atoms with van der Waals surface area (Å²) >= 11 is 1.54. The summed E-state index contributed by atoms with van der Waals surface area (Å²) in [6, 6.07) is 3.78. The second-order valence-corrected chi connectivity index (χ2v) is 3.84. The predicted octanol–water partition coefficient (Wildman–Crippen LogP) is 2.29. The van der Waals surface area contributed by atoms with Gasteiger partial charge in [-0.15, -0.1) is 11.8 Å². The molecule has 0 aliphatic rings. The summed E-state index contributed by atoms with van der Waals surface area (Å²) in [7, 11) is 0. The minimum absolute atomic E-state index is 0.320. The highest BCUT2D eigenvalue weighted by Gasteiger charge is 2.07. The molecule has 15 heavy (non-hydrogen) atoms. The number of aromatic nitrogens is 1. The standard InChI is InChI=1S/C11H13NO2S/c1-3-14-11(13)9(2)8-15-10-4-6-12-7-5-10/h4-7H,2-3,8H2,1H3. The van der Waals surface area contributed by atoms with Crippen molar-refractivity contribution in [2.45, 2.75) is 11.8 Å². The van der Waals surface area contributed by atoms with Crippen molar-refractivity contribution in [2.75, 3.05) is 12.4 Å². The first kappa shape index (κ1) is 11.8. The van der Waals surface area contributed by atoms with Gasteiger partial charge in [-0.1, -0.05) is 6.58 Å². The van der Waals surface area contributed by atoms with Gasteiger partial charge < -0.3 is 4.74 Å². The molecule has 1 aromatic heterocycles. The Morgan fingerprint density at radius 1 is 1.53 bits per heavy atom. The first-order valence-electron chi connectivity index (χ1n) is 4.61. The molecular formula is C11H13NO2S. The zero-order valence-corrected chi connectivity index (χ0v) is 9.42. The third-order valence-corrected chi connectivity index (χ3v) is 2.73. The maximum atomic E-state index is 11.2. The number of esters is 1. The van der Waals surface area contributed by atoms with Crippen LogP contribution in [0.15, 0.2) is 41.6 Å². The van der Waals surface area contributed by atoms with Crippen LogP contribution in [0, 0.1) is 0 Å². The molecule has 4 heteroatoms. The summed E-state index contributed by atoms with van der Waals surface area (Å²) in [6.45, 7) is 5.84. The topological polar surface area (TPSA) is 39.2 Å². The van der Waals surface area contributed by atoms with E-state index in [-0.39, 0.29) is 5.97 Å². The van der Waals surface area contributed by atoms with Crippen LogP contribution in [0.25, 0.3) is 0 Å². The Morgan fingerprint density at radius 3 is 2.80 bits per heavy atom. The summed E-state index contributed by atoms with van der Waals surface area (Å²) in [6.07, 6.45) is 3.44. The van der Waals surface area contributed by atoms with Gasteiger partial charge in [-0.05, 0) is 19.1 Å². The zero-order valence-electron chi connectivity index (χ0n) is 8.60. The second-order valence-electron chi connectivity index (χ2n) is 2.80. The van der Waals surface area contributed by atoms with Gasteiger partial charge in [-0.25, -0.2) is 4.79 Å². The maximum absolute atomic E-state index is 11.2. The highest BCUT2D eigenvalue weighted by molar-refractivity contribution is 7.99. The molecule has 0 unspecified atom stereocenters. The Morgan fingerprint density at radius 2 is 2.20 bits per heavy atom. The molecule has 0 N–H and O–H groups in total. The molecular weight excluding hydrogens is 210 g/mol. The van der Waals surface area contributed by atoms with Crippen molar-refractivity contribution in [3.8, 4) is 0 Å². The molecule has 0 saturated heterocycles. The van der Waals surface area contributed by atoms with Gasteiger partial charge in [0.2, 0.25) is 0 Å². The van der Waals surface area contributed by atoms with Gasteiger partial charge in [0.15, 0.2) is 0 Å². The SMILES string of the molecule is C=C(CSc1ccncc1)C(=O)OCC. The number of nitrogens with zero attached hydrogens (tertiary/aromatic N) is 1. The van der Waals surface area contributed by atoms with Crippen molar-refractivity contribution in [3.63, 3.8) is 0 Å². The van der Waals surface area contributed by atoms with Gasteiger partial charge in [0.25, 0.3) is 0 Å². The smallest absolute Gasteiger partial charge is 0.334 e. The molecule has 1 heterocycles. The number of carbonyl (C=O) groups excluding carboxylic acids is 1. The fraction of sp³-hybridized carbons (Fsp3) is 0.273. The lowest BCUT2D eigenvalue weighted by atomic mass is 10.4. The number of thioether (sulfide) groups is 1. The maximum Gasteiger partial charge on any atom is 0.334 e. The number of carbonyl (C=O) groups is 1. The predicted molar refractivity (Wildman–Crippen MR) is 60.7 cm³/mol. The summed E-state index contributed by atoms with van der Waals surface area (Å²) in [5, 5.41) is 0. The average Bonchev–Trinajstić information content (AvgIpc) is 2.27. The quantitative estimate of drug-likeness (QED) is 0.436. The summed E-state index contributed by atoms with van der Waals surface area (Å²) in [5.74, 6) is 0.224. The van der Waals surface area contributed by atoms with Crippen LogP contribution in [0.2, 0.25) is 0 Å². The van der Waals surface area contributed by atoms with Crippen LogP contribution in [0.1, 0.15) is 6.92 Å². The zero-order chi connectivity index (χ0) is 11.1. The van der Waals surface area contributed by atoms with Crippen molar-refractivity contribution in [1.29, 1.82) is 0 Å². The van der Waals surface area contributed by atoms with E-state index in [2.05, 4.69) is 11.6 Å². The molecule has 0 bridgehead atoms. The van der Waals surface area contributed by atoms with Crippen LogP contribution in [-0.4, -0.2) is 23.3 Å². The third-order valence-electron chi connectivity index (χ3n) is 1.63. The van der Waals surface area contributed by atoms with Crippen molar-refractivity contribution in [2.24, 2.45) is 0 Å². The number of pyridine rings is 1. The number of hydrogen-bond donors (Lipinski definition) is 0. The Hall–Kier alpha value is -1.29. The molecule has 0 aromatic carbocycles. The van der Waals surface area contributed by atoms with E-state index in [1.807, 2.05) is 12.1 Å². The monoisotopic (exact) mass is 223 g/mol. The van der Waals surface area contributed by atoms with Gasteiger partial charge in [0.1, 0.15) is 0 Å². The number of hydrogen-bond acceptors (Lipinski definition) is 4. The van der Waals surface area contributed by atoms with Crippen molar-refractivity contribution in [3.05, 3.63) is 36.7 Å². The second kappa shape index (κ2) is 6.24. The number of rotatable bonds is 5. The van der Waals surface area contributed by atoms with Gasteiger partial charge in [-0.3, -0.25) is 4.98 Å². The van der Waals surface area contributed by atoms with Gasteiger partial charge in [0, 0.05) is 28.6 Å². The Labute approximate surface area is 93.5 Å². The largest absolute Gasteiger partial charge is 0.463 e. The normalized spacial score (nSPS) is 9.67. The molecule has 0 fully saturated rings. The first-order valence-corrected chi connectivity index (χ1v) is 5.60. The van der Waals surface area contributed by atoms with E-state index in [4.69, 9.17) is 4.74 Å². The molecule has 1 rings (SSSR count). The lowest BCUT2D eigenvalue weighted by Gasteiger charge is -2.04. The fourth-order valence-corrected chi connectivity index (χ4v) is 1.67. The highest BCUT2D eigenvalue weighted by atomic mass is 32.2. The lowest BCUT2D eigenvalue weighted by Crippen LogP contribution is -2.08. The molecule has 0 aliphatic carbocycles. The molecule has 0 saturated carbocycles. The van der Waals surface area contributed by atoms with Gasteiger partial charge in [-0.2, -0.15) is 0 Å². The average molecular weight is 223 g/mol. The molecule has 0 atom stereocenters.